The molecule has 1 aromatic heterocycles. The summed E-state index contributed by atoms with van der Waals surface area (Å²) in [5, 5.41) is 4.12. The quantitative estimate of drug-likeness (QED) is 0.604. The molecule has 56 valence electrons. The first-order valence-corrected chi connectivity index (χ1v) is 3.86. The van der Waals surface area contributed by atoms with Gasteiger partial charge in [0.25, 0.3) is 0 Å². The van der Waals surface area contributed by atoms with Crippen molar-refractivity contribution in [3.05, 3.63) is 18.0 Å². The predicted molar refractivity (Wildman–Crippen MR) is 42.2 cm³/mol. The SMILES string of the molecule is CC(C)n1cc(CCl)cn1. The molecule has 0 fully saturated rings. The maximum Gasteiger partial charge on any atom is 0.0534 e. The van der Waals surface area contributed by atoms with Crippen molar-refractivity contribution in [1.82, 2.24) is 9.78 Å². The minimum atomic E-state index is 0.428. The number of aromatic nitrogens is 2. The largest absolute Gasteiger partial charge is 0.270 e. The molecule has 0 spiro atoms. The Morgan fingerprint density at radius 2 is 2.40 bits per heavy atom. The van der Waals surface area contributed by atoms with Gasteiger partial charge in [-0.15, -0.1) is 11.6 Å². The number of hydrogen-bond donors (Lipinski definition) is 0. The van der Waals surface area contributed by atoms with Crippen molar-refractivity contribution >= 4 is 11.6 Å². The van der Waals surface area contributed by atoms with E-state index in [2.05, 4.69) is 18.9 Å². The van der Waals surface area contributed by atoms with Crippen LogP contribution in [0, 0.1) is 0 Å². The molecule has 0 aromatic carbocycles. The molecule has 0 atom stereocenters. The second kappa shape index (κ2) is 3.06. The fraction of sp³-hybridized carbons (Fsp3) is 0.571. The van der Waals surface area contributed by atoms with Gasteiger partial charge in [0.15, 0.2) is 0 Å². The molecule has 1 heterocycles. The van der Waals surface area contributed by atoms with Gasteiger partial charge < -0.3 is 0 Å². The Labute approximate surface area is 65.8 Å². The third-order valence-electron chi connectivity index (χ3n) is 1.34. The second-order valence-electron chi connectivity index (χ2n) is 2.56. The van der Waals surface area contributed by atoms with E-state index in [9.17, 15) is 0 Å². The molecular weight excluding hydrogens is 148 g/mol. The lowest BCUT2D eigenvalue weighted by molar-refractivity contribution is 0.532. The van der Waals surface area contributed by atoms with Crippen LogP contribution in [-0.2, 0) is 5.88 Å². The van der Waals surface area contributed by atoms with Crippen LogP contribution >= 0.6 is 11.6 Å². The Bertz CT molecular complexity index is 205. The molecule has 0 aliphatic heterocycles. The highest BCUT2D eigenvalue weighted by Gasteiger charge is 1.98. The Kier molecular flexibility index (Phi) is 2.33. The van der Waals surface area contributed by atoms with Crippen molar-refractivity contribution in [1.29, 1.82) is 0 Å². The van der Waals surface area contributed by atoms with E-state index < -0.39 is 0 Å². The summed E-state index contributed by atoms with van der Waals surface area (Å²) in [5.74, 6) is 0.548. The first kappa shape index (κ1) is 7.61. The van der Waals surface area contributed by atoms with Gasteiger partial charge in [-0.25, -0.2) is 0 Å². The van der Waals surface area contributed by atoms with Gasteiger partial charge in [0, 0.05) is 17.8 Å². The van der Waals surface area contributed by atoms with E-state index in [0.29, 0.717) is 11.9 Å². The molecular formula is C7H11ClN2. The highest BCUT2D eigenvalue weighted by atomic mass is 35.5. The summed E-state index contributed by atoms with van der Waals surface area (Å²) in [7, 11) is 0. The van der Waals surface area contributed by atoms with E-state index in [1.807, 2.05) is 10.9 Å². The van der Waals surface area contributed by atoms with E-state index in [-0.39, 0.29) is 0 Å². The Hall–Kier alpha value is -0.500. The van der Waals surface area contributed by atoms with Crippen molar-refractivity contribution in [3.63, 3.8) is 0 Å². The standard InChI is InChI=1S/C7H11ClN2/c1-6(2)10-5-7(3-8)4-9-10/h4-6H,3H2,1-2H3. The first-order valence-electron chi connectivity index (χ1n) is 3.33. The Balaban J connectivity index is 2.78. The van der Waals surface area contributed by atoms with Crippen LogP contribution in [0.25, 0.3) is 0 Å². The molecule has 1 aromatic rings. The topological polar surface area (TPSA) is 17.8 Å². The summed E-state index contributed by atoms with van der Waals surface area (Å²) in [4.78, 5) is 0. The molecule has 1 rings (SSSR count). The smallest absolute Gasteiger partial charge is 0.0534 e. The van der Waals surface area contributed by atoms with Crippen molar-refractivity contribution in [2.75, 3.05) is 0 Å². The van der Waals surface area contributed by atoms with Crippen LogP contribution in [0.3, 0.4) is 0 Å². The zero-order valence-corrected chi connectivity index (χ0v) is 6.97. The monoisotopic (exact) mass is 158 g/mol. The second-order valence-corrected chi connectivity index (χ2v) is 2.82. The molecule has 0 saturated heterocycles. The summed E-state index contributed by atoms with van der Waals surface area (Å²) in [5.41, 5.74) is 1.08. The van der Waals surface area contributed by atoms with Crippen molar-refractivity contribution in [2.45, 2.75) is 25.8 Å². The highest BCUT2D eigenvalue weighted by molar-refractivity contribution is 6.17. The molecule has 0 radical (unpaired) electrons. The maximum absolute atomic E-state index is 5.59. The lowest BCUT2D eigenvalue weighted by atomic mass is 10.4. The predicted octanol–water partition coefficient (Wildman–Crippen LogP) is 2.20. The highest BCUT2D eigenvalue weighted by Crippen LogP contribution is 2.06. The number of rotatable bonds is 2. The minimum Gasteiger partial charge on any atom is -0.270 e. The Morgan fingerprint density at radius 1 is 1.70 bits per heavy atom. The number of alkyl halides is 1. The van der Waals surface area contributed by atoms with Gasteiger partial charge in [0.2, 0.25) is 0 Å². The van der Waals surface area contributed by atoms with Crippen LogP contribution < -0.4 is 0 Å². The van der Waals surface area contributed by atoms with Gasteiger partial charge in [0.05, 0.1) is 12.1 Å². The van der Waals surface area contributed by atoms with Gasteiger partial charge in [-0.3, -0.25) is 4.68 Å². The Morgan fingerprint density at radius 3 is 2.70 bits per heavy atom. The minimum absolute atomic E-state index is 0.428. The maximum atomic E-state index is 5.59. The van der Waals surface area contributed by atoms with Gasteiger partial charge in [0.1, 0.15) is 0 Å². The number of nitrogens with zero attached hydrogens (tertiary/aromatic N) is 2. The summed E-state index contributed by atoms with van der Waals surface area (Å²) >= 11 is 5.59. The summed E-state index contributed by atoms with van der Waals surface area (Å²) in [6.45, 7) is 4.18. The number of halogens is 1. The molecule has 0 saturated carbocycles. The van der Waals surface area contributed by atoms with Crippen molar-refractivity contribution in [3.8, 4) is 0 Å². The zero-order valence-electron chi connectivity index (χ0n) is 6.21. The molecule has 0 unspecified atom stereocenters. The lowest BCUT2D eigenvalue weighted by Crippen LogP contribution is -1.99. The molecule has 10 heavy (non-hydrogen) atoms. The average Bonchev–Trinajstić information content (AvgIpc) is 2.34. The summed E-state index contributed by atoms with van der Waals surface area (Å²) < 4.78 is 1.90. The van der Waals surface area contributed by atoms with Crippen LogP contribution in [-0.4, -0.2) is 9.78 Å². The molecule has 0 bridgehead atoms. The fourth-order valence-corrected chi connectivity index (χ4v) is 0.867. The molecule has 0 amide bonds. The zero-order chi connectivity index (χ0) is 7.56. The van der Waals surface area contributed by atoms with E-state index in [1.54, 1.807) is 6.20 Å². The molecule has 2 nitrogen and oxygen atoms in total. The van der Waals surface area contributed by atoms with Gasteiger partial charge in [-0.1, -0.05) is 0 Å². The normalized spacial score (nSPS) is 10.8. The van der Waals surface area contributed by atoms with Crippen molar-refractivity contribution in [2.24, 2.45) is 0 Å². The average molecular weight is 159 g/mol. The molecule has 0 aliphatic carbocycles. The summed E-state index contributed by atoms with van der Waals surface area (Å²) in [6.07, 6.45) is 3.77. The van der Waals surface area contributed by atoms with Gasteiger partial charge in [-0.05, 0) is 13.8 Å². The fourth-order valence-electron chi connectivity index (χ4n) is 0.729. The summed E-state index contributed by atoms with van der Waals surface area (Å²) in [6, 6.07) is 0.428. The molecule has 0 aliphatic rings. The van der Waals surface area contributed by atoms with Crippen LogP contribution in [0.5, 0.6) is 0 Å². The van der Waals surface area contributed by atoms with Gasteiger partial charge >= 0.3 is 0 Å². The molecule has 3 heteroatoms. The van der Waals surface area contributed by atoms with Crippen molar-refractivity contribution < 1.29 is 0 Å². The van der Waals surface area contributed by atoms with Crippen LogP contribution in [0.1, 0.15) is 25.5 Å². The van der Waals surface area contributed by atoms with E-state index in [4.69, 9.17) is 11.6 Å². The van der Waals surface area contributed by atoms with E-state index in [0.717, 1.165) is 5.56 Å². The van der Waals surface area contributed by atoms with Gasteiger partial charge in [-0.2, -0.15) is 5.10 Å². The molecule has 0 N–H and O–H groups in total. The third kappa shape index (κ3) is 1.51. The third-order valence-corrected chi connectivity index (χ3v) is 1.65. The number of hydrogen-bond acceptors (Lipinski definition) is 1. The van der Waals surface area contributed by atoms with E-state index in [1.165, 1.54) is 0 Å². The first-order chi connectivity index (χ1) is 4.74. The van der Waals surface area contributed by atoms with Crippen LogP contribution in [0.4, 0.5) is 0 Å². The van der Waals surface area contributed by atoms with Crippen LogP contribution in [0.15, 0.2) is 12.4 Å². The van der Waals surface area contributed by atoms with Crippen LogP contribution in [0.2, 0.25) is 0 Å². The van der Waals surface area contributed by atoms with E-state index >= 15 is 0 Å². The lowest BCUT2D eigenvalue weighted by Gasteiger charge is -2.02.